The summed E-state index contributed by atoms with van der Waals surface area (Å²) in [6.45, 7) is 4.50. The molecule has 0 saturated carbocycles. The largest absolute Gasteiger partial charge is 0.504 e. The van der Waals surface area contributed by atoms with Gasteiger partial charge in [0.2, 0.25) is 15.8 Å². The van der Waals surface area contributed by atoms with E-state index in [0.717, 1.165) is 6.07 Å². The van der Waals surface area contributed by atoms with Crippen molar-refractivity contribution in [3.8, 4) is 11.5 Å². The maximum absolute atomic E-state index is 12.8. The molecule has 9 heteroatoms. The number of hydrogen-bond acceptors (Lipinski definition) is 6. The molecule has 136 valence electrons. The Morgan fingerprint density at radius 1 is 1.12 bits per heavy atom. The van der Waals surface area contributed by atoms with Crippen LogP contribution in [0.1, 0.15) is 26.7 Å². The molecule has 0 radical (unpaired) electrons. The van der Waals surface area contributed by atoms with Gasteiger partial charge >= 0.3 is 5.69 Å². The molecule has 25 heavy (non-hydrogen) atoms. The fourth-order valence-corrected chi connectivity index (χ4v) is 4.35. The Kier molecular flexibility index (Phi) is 5.48. The smallest absolute Gasteiger partial charge is 0.322 e. The van der Waals surface area contributed by atoms with Gasteiger partial charge in [-0.3, -0.25) is 10.1 Å². The highest BCUT2D eigenvalue weighted by molar-refractivity contribution is 7.89. The normalized spacial score (nSPS) is 12.0. The Morgan fingerprint density at radius 2 is 1.72 bits per heavy atom. The Balaban J connectivity index is 2.65. The molecule has 0 spiro atoms. The van der Waals surface area contributed by atoms with Crippen LogP contribution in [0.3, 0.4) is 0 Å². The molecule has 0 aliphatic heterocycles. The summed E-state index contributed by atoms with van der Waals surface area (Å²) in [4.78, 5) is 10.3. The van der Waals surface area contributed by atoms with Gasteiger partial charge in [0, 0.05) is 13.1 Å². The summed E-state index contributed by atoms with van der Waals surface area (Å²) in [5.74, 6) is -1.51. The summed E-state index contributed by atoms with van der Waals surface area (Å²) in [7, 11) is -3.75. The van der Waals surface area contributed by atoms with E-state index in [9.17, 15) is 28.7 Å². The third-order valence-electron chi connectivity index (χ3n) is 3.80. The van der Waals surface area contributed by atoms with E-state index in [1.807, 2.05) is 13.8 Å². The lowest BCUT2D eigenvalue weighted by Gasteiger charge is -2.21. The van der Waals surface area contributed by atoms with Crippen LogP contribution in [0.4, 0.5) is 5.69 Å². The third kappa shape index (κ3) is 3.52. The molecule has 0 aliphatic rings. The number of nitro groups is 1. The van der Waals surface area contributed by atoms with Crippen LogP contribution in [0.15, 0.2) is 29.2 Å². The van der Waals surface area contributed by atoms with E-state index < -0.39 is 32.1 Å². The minimum atomic E-state index is -3.75. The number of benzene rings is 2. The first-order valence-corrected chi connectivity index (χ1v) is 9.31. The van der Waals surface area contributed by atoms with E-state index in [1.54, 1.807) is 0 Å². The number of nitro benzene ring substituents is 1. The number of nitrogens with zero attached hydrogens (tertiary/aromatic N) is 2. The van der Waals surface area contributed by atoms with Crippen LogP contribution in [0.25, 0.3) is 10.8 Å². The van der Waals surface area contributed by atoms with Crippen molar-refractivity contribution in [3.05, 3.63) is 34.4 Å². The molecule has 0 saturated heterocycles. The first kappa shape index (κ1) is 18.9. The van der Waals surface area contributed by atoms with Crippen LogP contribution >= 0.6 is 0 Å². The zero-order valence-corrected chi connectivity index (χ0v) is 14.8. The average Bonchev–Trinajstić information content (AvgIpc) is 2.54. The zero-order valence-electron chi connectivity index (χ0n) is 14.0. The van der Waals surface area contributed by atoms with Crippen LogP contribution in [-0.2, 0) is 10.0 Å². The van der Waals surface area contributed by atoms with Gasteiger partial charge in [-0.15, -0.1) is 0 Å². The van der Waals surface area contributed by atoms with E-state index in [4.69, 9.17) is 0 Å². The minimum Gasteiger partial charge on any atom is -0.504 e. The number of rotatable bonds is 7. The van der Waals surface area contributed by atoms with Crippen molar-refractivity contribution in [3.63, 3.8) is 0 Å². The molecule has 0 bridgehead atoms. The molecule has 0 fully saturated rings. The standard InChI is InChI=1S/C16H20N2O6S/c1-3-7-17(8-4-2)25(23,24)12-5-6-13-11(9-12)10-14(19)16(20)15(13)18(21)22/h5-6,9-10,19-20H,3-4,7-8H2,1-2H3. The van der Waals surface area contributed by atoms with Crippen LogP contribution in [0, 0.1) is 10.1 Å². The summed E-state index contributed by atoms with van der Waals surface area (Å²) in [6, 6.07) is 4.94. The van der Waals surface area contributed by atoms with Gasteiger partial charge in [-0.25, -0.2) is 8.42 Å². The quantitative estimate of drug-likeness (QED) is 0.440. The number of sulfonamides is 1. The van der Waals surface area contributed by atoms with Crippen molar-refractivity contribution < 1.29 is 23.6 Å². The maximum atomic E-state index is 12.8. The molecular formula is C16H20N2O6S. The van der Waals surface area contributed by atoms with Crippen molar-refractivity contribution in [2.45, 2.75) is 31.6 Å². The molecule has 2 aromatic rings. The van der Waals surface area contributed by atoms with Gasteiger partial charge in [-0.05, 0) is 42.5 Å². The second-order valence-corrected chi connectivity index (χ2v) is 7.57. The van der Waals surface area contributed by atoms with Crippen LogP contribution in [-0.4, -0.2) is 40.9 Å². The van der Waals surface area contributed by atoms with Crippen molar-refractivity contribution in [1.29, 1.82) is 0 Å². The molecule has 8 nitrogen and oxygen atoms in total. The number of hydrogen-bond donors (Lipinski definition) is 2. The molecule has 2 N–H and O–H groups in total. The van der Waals surface area contributed by atoms with Gasteiger partial charge in [-0.2, -0.15) is 4.31 Å². The molecule has 2 aromatic carbocycles. The summed E-state index contributed by atoms with van der Waals surface area (Å²) in [5, 5.41) is 30.8. The molecule has 0 atom stereocenters. The second kappa shape index (κ2) is 7.24. The number of aromatic hydroxyl groups is 2. The summed E-state index contributed by atoms with van der Waals surface area (Å²) < 4.78 is 27.0. The van der Waals surface area contributed by atoms with Gasteiger partial charge in [0.15, 0.2) is 5.75 Å². The Labute approximate surface area is 145 Å². The zero-order chi connectivity index (χ0) is 18.8. The molecule has 0 aromatic heterocycles. The number of phenolic OH excluding ortho intramolecular Hbond substituents is 2. The predicted octanol–water partition coefficient (Wildman–Crippen LogP) is 2.97. The van der Waals surface area contributed by atoms with Gasteiger partial charge < -0.3 is 10.2 Å². The Hall–Kier alpha value is -2.39. The van der Waals surface area contributed by atoms with Gasteiger partial charge in [0.25, 0.3) is 0 Å². The molecule has 0 aliphatic carbocycles. The van der Waals surface area contributed by atoms with Crippen LogP contribution in [0.2, 0.25) is 0 Å². The third-order valence-corrected chi connectivity index (χ3v) is 5.70. The fraction of sp³-hybridized carbons (Fsp3) is 0.375. The summed E-state index contributed by atoms with van der Waals surface area (Å²) in [5.41, 5.74) is -0.655. The van der Waals surface area contributed by atoms with Crippen molar-refractivity contribution in [1.82, 2.24) is 4.31 Å². The van der Waals surface area contributed by atoms with Gasteiger partial charge in [0.1, 0.15) is 0 Å². The van der Waals surface area contributed by atoms with Gasteiger partial charge in [0.05, 0.1) is 15.2 Å². The molecular weight excluding hydrogens is 348 g/mol. The molecule has 2 rings (SSSR count). The Bertz CT molecular complexity index is 904. The van der Waals surface area contributed by atoms with Crippen LogP contribution < -0.4 is 0 Å². The minimum absolute atomic E-state index is 0.0127. The monoisotopic (exact) mass is 368 g/mol. The van der Waals surface area contributed by atoms with E-state index in [2.05, 4.69) is 0 Å². The highest BCUT2D eigenvalue weighted by Gasteiger charge is 2.26. The predicted molar refractivity (Wildman–Crippen MR) is 93.3 cm³/mol. The first-order chi connectivity index (χ1) is 11.7. The lowest BCUT2D eigenvalue weighted by atomic mass is 10.1. The lowest BCUT2D eigenvalue weighted by Crippen LogP contribution is -2.32. The fourth-order valence-electron chi connectivity index (χ4n) is 2.69. The van der Waals surface area contributed by atoms with E-state index in [-0.39, 0.29) is 15.7 Å². The first-order valence-electron chi connectivity index (χ1n) is 7.87. The molecule has 0 amide bonds. The van der Waals surface area contributed by atoms with Crippen molar-refractivity contribution in [2.75, 3.05) is 13.1 Å². The Morgan fingerprint density at radius 3 is 2.24 bits per heavy atom. The molecule has 0 unspecified atom stereocenters. The number of fused-ring (bicyclic) bond motifs is 1. The number of phenols is 2. The summed E-state index contributed by atoms with van der Waals surface area (Å²) in [6.07, 6.45) is 1.32. The topological polar surface area (TPSA) is 121 Å². The molecule has 0 heterocycles. The maximum Gasteiger partial charge on any atom is 0.322 e. The van der Waals surface area contributed by atoms with E-state index >= 15 is 0 Å². The lowest BCUT2D eigenvalue weighted by molar-refractivity contribution is -0.384. The van der Waals surface area contributed by atoms with Gasteiger partial charge in [-0.1, -0.05) is 13.8 Å². The highest BCUT2D eigenvalue weighted by Crippen LogP contribution is 2.42. The second-order valence-electron chi connectivity index (χ2n) is 5.64. The van der Waals surface area contributed by atoms with E-state index in [1.165, 1.54) is 22.5 Å². The highest BCUT2D eigenvalue weighted by atomic mass is 32.2. The summed E-state index contributed by atoms with van der Waals surface area (Å²) >= 11 is 0. The average molecular weight is 368 g/mol. The SMILES string of the molecule is CCCN(CCC)S(=O)(=O)c1ccc2c([N+](=O)[O-])c(O)c(O)cc2c1. The van der Waals surface area contributed by atoms with E-state index in [0.29, 0.717) is 25.9 Å². The van der Waals surface area contributed by atoms with Crippen molar-refractivity contribution in [2.24, 2.45) is 0 Å². The van der Waals surface area contributed by atoms with Crippen LogP contribution in [0.5, 0.6) is 11.5 Å². The van der Waals surface area contributed by atoms with Crippen molar-refractivity contribution >= 4 is 26.5 Å².